The topological polar surface area (TPSA) is 65.1 Å². The number of fused-ring (bicyclic) bond motifs is 1. The number of nitrogens with zero attached hydrogens (tertiary/aromatic N) is 1. The van der Waals surface area contributed by atoms with Crippen LogP contribution in [0.5, 0.6) is 0 Å². The second-order valence-electron chi connectivity index (χ2n) is 6.38. The number of Topliss-reactive ketones (excluding diaryl/α,β-unsaturated/α-hetero) is 1. The molecule has 1 amide bonds. The Balaban J connectivity index is 2.19. The van der Waals surface area contributed by atoms with Crippen LogP contribution >= 0.6 is 11.6 Å². The molecule has 0 saturated heterocycles. The van der Waals surface area contributed by atoms with E-state index in [9.17, 15) is 9.59 Å². The minimum absolute atomic E-state index is 0.0646. The number of nitrogens with two attached hydrogens (primary N) is 1. The number of ketones is 1. The normalized spacial score (nSPS) is 11.2. The van der Waals surface area contributed by atoms with Gasteiger partial charge in [-0.25, -0.2) is 0 Å². The van der Waals surface area contributed by atoms with E-state index in [1.165, 1.54) is 0 Å². The lowest BCUT2D eigenvalue weighted by molar-refractivity contribution is 0.0940. The van der Waals surface area contributed by atoms with Crippen LogP contribution in [0.1, 0.15) is 40.1 Å². The molecule has 1 heterocycles. The summed E-state index contributed by atoms with van der Waals surface area (Å²) >= 11 is 6.27. The fourth-order valence-corrected chi connectivity index (χ4v) is 3.09. The quantitative estimate of drug-likeness (QED) is 0.695. The molecule has 3 aromatic rings. The maximum absolute atomic E-state index is 12.6. The Morgan fingerprint density at radius 1 is 1.16 bits per heavy atom. The summed E-state index contributed by atoms with van der Waals surface area (Å²) in [6.45, 7) is 4.25. The average molecular weight is 355 g/mol. The van der Waals surface area contributed by atoms with Crippen molar-refractivity contribution in [1.29, 1.82) is 0 Å². The van der Waals surface area contributed by atoms with E-state index in [1.807, 2.05) is 48.9 Å². The first-order chi connectivity index (χ1) is 11.9. The van der Waals surface area contributed by atoms with Crippen molar-refractivity contribution < 1.29 is 9.59 Å². The molecule has 0 saturated carbocycles. The van der Waals surface area contributed by atoms with E-state index in [0.29, 0.717) is 22.7 Å². The lowest BCUT2D eigenvalue weighted by Gasteiger charge is -2.08. The first kappa shape index (κ1) is 17.2. The van der Waals surface area contributed by atoms with Crippen LogP contribution < -0.4 is 5.73 Å². The number of amides is 1. The average Bonchev–Trinajstić information content (AvgIpc) is 2.94. The molecule has 0 spiro atoms. The summed E-state index contributed by atoms with van der Waals surface area (Å²) in [6, 6.07) is 12.7. The minimum atomic E-state index is -0.496. The Morgan fingerprint density at radius 2 is 1.88 bits per heavy atom. The predicted molar refractivity (Wildman–Crippen MR) is 100 cm³/mol. The molecule has 0 aliphatic carbocycles. The number of benzene rings is 2. The number of rotatable bonds is 5. The molecule has 128 valence electrons. The summed E-state index contributed by atoms with van der Waals surface area (Å²) in [6.07, 6.45) is 1.83. The molecule has 4 nitrogen and oxygen atoms in total. The van der Waals surface area contributed by atoms with Crippen molar-refractivity contribution in [3.8, 4) is 0 Å². The lowest BCUT2D eigenvalue weighted by atomic mass is 10.00. The molecule has 5 heteroatoms. The Labute approximate surface area is 151 Å². The van der Waals surface area contributed by atoms with Gasteiger partial charge in [0.2, 0.25) is 5.91 Å². The molecule has 0 atom stereocenters. The van der Waals surface area contributed by atoms with E-state index >= 15 is 0 Å². The summed E-state index contributed by atoms with van der Waals surface area (Å²) in [5, 5.41) is 1.47. The standard InChI is InChI=1S/C20H19ClN2O2/c1-12(2)19(24)16-11-23(10-14-5-3-4-6-17(14)21)18-9-13(20(22)25)7-8-15(16)18/h3-9,11-12H,10H2,1-2H3,(H2,22,25). The zero-order chi connectivity index (χ0) is 18.1. The van der Waals surface area contributed by atoms with Crippen molar-refractivity contribution >= 4 is 34.2 Å². The van der Waals surface area contributed by atoms with E-state index in [4.69, 9.17) is 17.3 Å². The van der Waals surface area contributed by atoms with Gasteiger partial charge in [-0.2, -0.15) is 0 Å². The number of primary amides is 1. The highest BCUT2D eigenvalue weighted by molar-refractivity contribution is 6.31. The third-order valence-electron chi connectivity index (χ3n) is 4.26. The first-order valence-corrected chi connectivity index (χ1v) is 8.46. The van der Waals surface area contributed by atoms with Gasteiger partial charge in [0.25, 0.3) is 0 Å². The molecule has 0 radical (unpaired) electrons. The van der Waals surface area contributed by atoms with Gasteiger partial charge in [0.15, 0.2) is 5.78 Å². The highest BCUT2D eigenvalue weighted by Crippen LogP contribution is 2.27. The van der Waals surface area contributed by atoms with E-state index in [0.717, 1.165) is 16.5 Å². The van der Waals surface area contributed by atoms with Crippen molar-refractivity contribution in [2.24, 2.45) is 11.7 Å². The van der Waals surface area contributed by atoms with E-state index in [1.54, 1.807) is 18.2 Å². The van der Waals surface area contributed by atoms with Gasteiger partial charge in [-0.1, -0.05) is 49.7 Å². The van der Waals surface area contributed by atoms with Crippen LogP contribution in [0.15, 0.2) is 48.7 Å². The van der Waals surface area contributed by atoms with Crippen molar-refractivity contribution in [2.75, 3.05) is 0 Å². The number of carbonyl (C=O) groups excluding carboxylic acids is 2. The van der Waals surface area contributed by atoms with Gasteiger partial charge in [0.05, 0.1) is 0 Å². The Morgan fingerprint density at radius 3 is 2.52 bits per heavy atom. The molecule has 0 bridgehead atoms. The Hall–Kier alpha value is -2.59. The van der Waals surface area contributed by atoms with Crippen molar-refractivity contribution in [2.45, 2.75) is 20.4 Å². The monoisotopic (exact) mass is 354 g/mol. The van der Waals surface area contributed by atoms with Crippen LogP contribution in [0.25, 0.3) is 10.9 Å². The fraction of sp³-hybridized carbons (Fsp3) is 0.200. The van der Waals surface area contributed by atoms with Gasteiger partial charge in [-0.3, -0.25) is 9.59 Å². The first-order valence-electron chi connectivity index (χ1n) is 8.08. The smallest absolute Gasteiger partial charge is 0.248 e. The van der Waals surface area contributed by atoms with E-state index < -0.39 is 5.91 Å². The summed E-state index contributed by atoms with van der Waals surface area (Å²) in [7, 11) is 0. The van der Waals surface area contributed by atoms with Gasteiger partial charge in [-0.15, -0.1) is 0 Å². The van der Waals surface area contributed by atoms with Crippen LogP contribution in [0, 0.1) is 5.92 Å². The highest BCUT2D eigenvalue weighted by atomic mass is 35.5. The summed E-state index contributed by atoms with van der Waals surface area (Å²) in [5.74, 6) is -0.547. The largest absolute Gasteiger partial charge is 0.366 e. The molecule has 0 fully saturated rings. The number of carbonyl (C=O) groups is 2. The Bertz CT molecular complexity index is 973. The van der Waals surface area contributed by atoms with Crippen LogP contribution in [0.2, 0.25) is 5.02 Å². The number of hydrogen-bond donors (Lipinski definition) is 1. The molecule has 0 aliphatic rings. The Kier molecular flexibility index (Phi) is 4.64. The van der Waals surface area contributed by atoms with E-state index in [-0.39, 0.29) is 11.7 Å². The lowest BCUT2D eigenvalue weighted by Crippen LogP contribution is -2.11. The zero-order valence-corrected chi connectivity index (χ0v) is 14.9. The van der Waals surface area contributed by atoms with Crippen molar-refractivity contribution in [3.05, 3.63) is 70.4 Å². The van der Waals surface area contributed by atoms with E-state index in [2.05, 4.69) is 0 Å². The SMILES string of the molecule is CC(C)C(=O)c1cn(Cc2ccccc2Cl)c2cc(C(N)=O)ccc12. The van der Waals surface area contributed by atoms with Crippen molar-refractivity contribution in [3.63, 3.8) is 0 Å². The minimum Gasteiger partial charge on any atom is -0.366 e. The number of aromatic nitrogens is 1. The van der Waals surface area contributed by atoms with Crippen LogP contribution in [0.4, 0.5) is 0 Å². The molecule has 0 unspecified atom stereocenters. The number of halogens is 1. The maximum atomic E-state index is 12.6. The molecule has 2 N–H and O–H groups in total. The summed E-state index contributed by atoms with van der Waals surface area (Å²) in [4.78, 5) is 24.1. The number of hydrogen-bond acceptors (Lipinski definition) is 2. The molecular weight excluding hydrogens is 336 g/mol. The molecule has 0 aliphatic heterocycles. The predicted octanol–water partition coefficient (Wildman–Crippen LogP) is 4.28. The molecule has 25 heavy (non-hydrogen) atoms. The van der Waals surface area contributed by atoms with Gasteiger partial charge in [-0.05, 0) is 23.8 Å². The van der Waals surface area contributed by atoms with Crippen LogP contribution in [-0.4, -0.2) is 16.3 Å². The second kappa shape index (κ2) is 6.73. The second-order valence-corrected chi connectivity index (χ2v) is 6.78. The van der Waals surface area contributed by atoms with Gasteiger partial charge >= 0.3 is 0 Å². The van der Waals surface area contributed by atoms with Crippen LogP contribution in [-0.2, 0) is 6.54 Å². The molecular formula is C20H19ClN2O2. The molecule has 1 aromatic heterocycles. The fourth-order valence-electron chi connectivity index (χ4n) is 2.89. The maximum Gasteiger partial charge on any atom is 0.248 e. The summed E-state index contributed by atoms with van der Waals surface area (Å²) < 4.78 is 1.94. The third kappa shape index (κ3) is 3.30. The molecule has 3 rings (SSSR count). The zero-order valence-electron chi connectivity index (χ0n) is 14.1. The summed E-state index contributed by atoms with van der Waals surface area (Å²) in [5.41, 5.74) is 8.20. The third-order valence-corrected chi connectivity index (χ3v) is 4.62. The van der Waals surface area contributed by atoms with Gasteiger partial charge in [0.1, 0.15) is 0 Å². The van der Waals surface area contributed by atoms with Gasteiger partial charge < -0.3 is 10.3 Å². The van der Waals surface area contributed by atoms with Crippen molar-refractivity contribution in [1.82, 2.24) is 4.57 Å². The van der Waals surface area contributed by atoms with Crippen LogP contribution in [0.3, 0.4) is 0 Å². The molecule has 2 aromatic carbocycles. The van der Waals surface area contributed by atoms with Gasteiger partial charge in [0, 0.05) is 45.7 Å². The highest BCUT2D eigenvalue weighted by Gasteiger charge is 2.19.